The average Bonchev–Trinajstić information content (AvgIpc) is 2.97. The number of amides is 1. The van der Waals surface area contributed by atoms with Crippen molar-refractivity contribution in [2.45, 2.75) is 12.8 Å². The lowest BCUT2D eigenvalue weighted by Gasteiger charge is -2.16. The molecule has 2 atom stereocenters. The molecule has 1 saturated heterocycles. The summed E-state index contributed by atoms with van der Waals surface area (Å²) in [5.74, 6) is -0.563. The molecule has 1 N–H and O–H groups in total. The van der Waals surface area contributed by atoms with Crippen molar-refractivity contribution in [1.82, 2.24) is 9.47 Å². The van der Waals surface area contributed by atoms with Gasteiger partial charge >= 0.3 is 5.97 Å². The number of carboxylic acid groups (broad SMARTS) is 1. The summed E-state index contributed by atoms with van der Waals surface area (Å²) in [7, 11) is 1.83. The molecule has 0 bridgehead atoms. The van der Waals surface area contributed by atoms with E-state index in [4.69, 9.17) is 0 Å². The van der Waals surface area contributed by atoms with E-state index in [-0.39, 0.29) is 11.8 Å². The molecule has 0 radical (unpaired) electrons. The number of carboxylic acids is 1. The van der Waals surface area contributed by atoms with Crippen molar-refractivity contribution in [3.05, 3.63) is 24.0 Å². The minimum Gasteiger partial charge on any atom is -0.481 e. The van der Waals surface area contributed by atoms with E-state index in [0.29, 0.717) is 24.7 Å². The minimum absolute atomic E-state index is 0.0538. The van der Waals surface area contributed by atoms with E-state index in [2.05, 4.69) is 0 Å². The zero-order valence-electron chi connectivity index (χ0n) is 11.0. The van der Waals surface area contributed by atoms with Crippen LogP contribution in [0.3, 0.4) is 0 Å². The Morgan fingerprint density at radius 3 is 2.58 bits per heavy atom. The van der Waals surface area contributed by atoms with E-state index in [1.165, 1.54) is 0 Å². The van der Waals surface area contributed by atoms with Crippen LogP contribution in [-0.2, 0) is 11.8 Å². The highest BCUT2D eigenvalue weighted by Crippen LogP contribution is 2.44. The molecule has 1 aromatic rings. The van der Waals surface area contributed by atoms with Gasteiger partial charge in [-0.25, -0.2) is 0 Å². The molecule has 2 heterocycles. The first-order valence-electron chi connectivity index (χ1n) is 6.71. The Hall–Kier alpha value is -1.78. The van der Waals surface area contributed by atoms with Crippen LogP contribution in [0.5, 0.6) is 0 Å². The average molecular weight is 262 g/mol. The molecule has 1 saturated carbocycles. The molecular weight excluding hydrogens is 244 g/mol. The zero-order valence-corrected chi connectivity index (χ0v) is 11.0. The molecule has 19 heavy (non-hydrogen) atoms. The van der Waals surface area contributed by atoms with Gasteiger partial charge in [-0.1, -0.05) is 0 Å². The van der Waals surface area contributed by atoms with Crippen molar-refractivity contribution in [2.75, 3.05) is 13.1 Å². The summed E-state index contributed by atoms with van der Waals surface area (Å²) in [6.07, 6.45) is 4.05. The van der Waals surface area contributed by atoms with Crippen LogP contribution < -0.4 is 0 Å². The highest BCUT2D eigenvalue weighted by Gasteiger charge is 2.47. The third-order valence-corrected chi connectivity index (χ3v) is 4.36. The lowest BCUT2D eigenvalue weighted by Crippen LogP contribution is -2.31. The SMILES string of the molecule is Cn1cccc1C(=O)N1C[C@H](C(=O)O)[C@@H](C2CC2)C1. The van der Waals surface area contributed by atoms with E-state index in [9.17, 15) is 14.7 Å². The predicted octanol–water partition coefficient (Wildman–Crippen LogP) is 1.21. The number of aryl methyl sites for hydroxylation is 1. The topological polar surface area (TPSA) is 62.5 Å². The smallest absolute Gasteiger partial charge is 0.308 e. The molecule has 102 valence electrons. The third-order valence-electron chi connectivity index (χ3n) is 4.36. The molecule has 0 spiro atoms. The Morgan fingerprint density at radius 2 is 2.05 bits per heavy atom. The first kappa shape index (κ1) is 12.3. The molecule has 2 fully saturated rings. The molecule has 3 rings (SSSR count). The predicted molar refractivity (Wildman–Crippen MR) is 68.7 cm³/mol. The molecule has 1 amide bonds. The maximum Gasteiger partial charge on any atom is 0.308 e. The summed E-state index contributed by atoms with van der Waals surface area (Å²) in [5, 5.41) is 9.30. The van der Waals surface area contributed by atoms with E-state index in [0.717, 1.165) is 12.8 Å². The summed E-state index contributed by atoms with van der Waals surface area (Å²) in [5.41, 5.74) is 0.626. The second-order valence-corrected chi connectivity index (χ2v) is 5.66. The van der Waals surface area contributed by atoms with Crippen LogP contribution in [-0.4, -0.2) is 39.5 Å². The lowest BCUT2D eigenvalue weighted by molar-refractivity contribution is -0.142. The molecule has 0 unspecified atom stereocenters. The normalized spacial score (nSPS) is 26.7. The van der Waals surface area contributed by atoms with Gasteiger partial charge in [-0.2, -0.15) is 0 Å². The van der Waals surface area contributed by atoms with Crippen molar-refractivity contribution >= 4 is 11.9 Å². The van der Waals surface area contributed by atoms with Crippen LogP contribution in [0.2, 0.25) is 0 Å². The van der Waals surface area contributed by atoms with Gasteiger partial charge in [0.1, 0.15) is 5.69 Å². The fraction of sp³-hybridized carbons (Fsp3) is 0.571. The third kappa shape index (κ3) is 2.13. The van der Waals surface area contributed by atoms with Gasteiger partial charge in [-0.3, -0.25) is 9.59 Å². The van der Waals surface area contributed by atoms with Gasteiger partial charge in [-0.05, 0) is 36.8 Å². The first-order chi connectivity index (χ1) is 9.08. The van der Waals surface area contributed by atoms with E-state index < -0.39 is 11.9 Å². The maximum absolute atomic E-state index is 12.4. The van der Waals surface area contributed by atoms with Gasteiger partial charge in [-0.15, -0.1) is 0 Å². The number of hydrogen-bond donors (Lipinski definition) is 1. The Morgan fingerprint density at radius 1 is 1.32 bits per heavy atom. The number of hydrogen-bond acceptors (Lipinski definition) is 2. The highest BCUT2D eigenvalue weighted by molar-refractivity contribution is 5.93. The molecule has 0 aromatic carbocycles. The molecule has 1 aromatic heterocycles. The lowest BCUT2D eigenvalue weighted by atomic mass is 9.92. The van der Waals surface area contributed by atoms with Crippen molar-refractivity contribution in [1.29, 1.82) is 0 Å². The Kier molecular flexibility index (Phi) is 2.84. The van der Waals surface area contributed by atoms with Crippen molar-refractivity contribution in [3.8, 4) is 0 Å². The molecule has 5 heteroatoms. The van der Waals surface area contributed by atoms with Gasteiger partial charge in [0.15, 0.2) is 0 Å². The van der Waals surface area contributed by atoms with Crippen LogP contribution in [0.15, 0.2) is 18.3 Å². The van der Waals surface area contributed by atoms with Gasteiger partial charge in [0.05, 0.1) is 5.92 Å². The first-order valence-corrected chi connectivity index (χ1v) is 6.71. The zero-order chi connectivity index (χ0) is 13.6. The van der Waals surface area contributed by atoms with Crippen LogP contribution in [0.25, 0.3) is 0 Å². The molecular formula is C14H18N2O3. The summed E-state index contributed by atoms with van der Waals surface area (Å²) in [6, 6.07) is 3.61. The van der Waals surface area contributed by atoms with Crippen LogP contribution in [0.4, 0.5) is 0 Å². The minimum atomic E-state index is -0.765. The molecule has 1 aliphatic heterocycles. The fourth-order valence-electron chi connectivity index (χ4n) is 3.10. The van der Waals surface area contributed by atoms with Crippen LogP contribution in [0.1, 0.15) is 23.3 Å². The number of nitrogens with zero attached hydrogens (tertiary/aromatic N) is 2. The van der Waals surface area contributed by atoms with Crippen LogP contribution in [0, 0.1) is 17.8 Å². The Labute approximate surface area is 111 Å². The Balaban J connectivity index is 1.78. The summed E-state index contributed by atoms with van der Waals surface area (Å²) in [6.45, 7) is 0.937. The maximum atomic E-state index is 12.4. The standard InChI is InChI=1S/C14H18N2O3/c1-15-6-2-3-12(15)13(17)16-7-10(9-4-5-9)11(8-16)14(18)19/h2-3,6,9-11H,4-5,7-8H2,1H3,(H,18,19)/t10-,11+/m1/s1. The van der Waals surface area contributed by atoms with Crippen molar-refractivity contribution in [3.63, 3.8) is 0 Å². The second-order valence-electron chi connectivity index (χ2n) is 5.66. The van der Waals surface area contributed by atoms with E-state index in [1.54, 1.807) is 15.5 Å². The van der Waals surface area contributed by atoms with Crippen LogP contribution >= 0.6 is 0 Å². The van der Waals surface area contributed by atoms with E-state index >= 15 is 0 Å². The van der Waals surface area contributed by atoms with Gasteiger partial charge < -0.3 is 14.6 Å². The number of aliphatic carboxylic acids is 1. The number of carbonyl (C=O) groups excluding carboxylic acids is 1. The highest BCUT2D eigenvalue weighted by atomic mass is 16.4. The number of aromatic nitrogens is 1. The molecule has 2 aliphatic rings. The van der Waals surface area contributed by atoms with Gasteiger partial charge in [0.2, 0.25) is 0 Å². The molecule has 5 nitrogen and oxygen atoms in total. The van der Waals surface area contributed by atoms with Crippen molar-refractivity contribution < 1.29 is 14.7 Å². The molecule has 1 aliphatic carbocycles. The number of likely N-dealkylation sites (tertiary alicyclic amines) is 1. The summed E-state index contributed by atoms with van der Waals surface area (Å²) >= 11 is 0. The monoisotopic (exact) mass is 262 g/mol. The second kappa shape index (κ2) is 4.40. The Bertz CT molecular complexity index is 519. The summed E-state index contributed by atoms with van der Waals surface area (Å²) in [4.78, 5) is 25.4. The number of rotatable bonds is 3. The van der Waals surface area contributed by atoms with Gasteiger partial charge in [0, 0.05) is 26.3 Å². The fourth-order valence-corrected chi connectivity index (χ4v) is 3.10. The van der Waals surface area contributed by atoms with E-state index in [1.807, 2.05) is 19.3 Å². The number of carbonyl (C=O) groups is 2. The largest absolute Gasteiger partial charge is 0.481 e. The van der Waals surface area contributed by atoms with Crippen molar-refractivity contribution in [2.24, 2.45) is 24.8 Å². The quantitative estimate of drug-likeness (QED) is 0.890. The summed E-state index contributed by atoms with van der Waals surface area (Å²) < 4.78 is 1.78. The van der Waals surface area contributed by atoms with Gasteiger partial charge in [0.25, 0.3) is 5.91 Å².